The maximum atomic E-state index is 11.9. The van der Waals surface area contributed by atoms with E-state index < -0.39 is 15.6 Å². The van der Waals surface area contributed by atoms with Crippen LogP contribution in [0.25, 0.3) is 0 Å². The predicted octanol–water partition coefficient (Wildman–Crippen LogP) is 0.951. The fraction of sp³-hybridized carbons (Fsp3) is 0.545. The molecule has 0 aliphatic carbocycles. The first-order chi connectivity index (χ1) is 8.66. The average Bonchev–Trinajstić information content (AvgIpc) is 2.73. The molecule has 1 aromatic rings. The van der Waals surface area contributed by atoms with Gasteiger partial charge in [0.25, 0.3) is 0 Å². The van der Waals surface area contributed by atoms with E-state index in [0.717, 1.165) is 17.8 Å². The molecule has 1 aromatic heterocycles. The Bertz CT molecular complexity index is 555. The fourth-order valence-electron chi connectivity index (χ4n) is 1.61. The van der Waals surface area contributed by atoms with E-state index in [1.165, 1.54) is 6.07 Å². The van der Waals surface area contributed by atoms with Gasteiger partial charge in [-0.2, -0.15) is 0 Å². The molecule has 0 aliphatic rings. The zero-order valence-corrected chi connectivity index (χ0v) is 13.8. The highest BCUT2D eigenvalue weighted by Crippen LogP contribution is 2.20. The molecule has 0 saturated carbocycles. The van der Waals surface area contributed by atoms with Crippen molar-refractivity contribution in [2.24, 2.45) is 10.9 Å². The van der Waals surface area contributed by atoms with Crippen LogP contribution in [0.4, 0.5) is 0 Å². The number of carbonyl (C=O) groups is 1. The zero-order chi connectivity index (χ0) is 14.7. The van der Waals surface area contributed by atoms with Crippen molar-refractivity contribution in [2.45, 2.75) is 43.0 Å². The number of rotatable bonds is 6. The average molecular weight is 342 g/mol. The number of nitrogens with two attached hydrogens (primary N) is 2. The van der Waals surface area contributed by atoms with Crippen LogP contribution >= 0.6 is 23.7 Å². The molecule has 1 atom stereocenters. The van der Waals surface area contributed by atoms with Crippen LogP contribution in [0.1, 0.15) is 31.6 Å². The van der Waals surface area contributed by atoms with Crippen LogP contribution in [0.2, 0.25) is 0 Å². The molecule has 9 heteroatoms. The van der Waals surface area contributed by atoms with E-state index in [1.807, 2.05) is 6.92 Å². The number of hydrogen-bond donors (Lipinski definition) is 3. The lowest BCUT2D eigenvalue weighted by molar-refractivity contribution is -0.126. The van der Waals surface area contributed by atoms with Crippen molar-refractivity contribution in [3.8, 4) is 0 Å². The van der Waals surface area contributed by atoms with Gasteiger partial charge in [-0.15, -0.1) is 23.7 Å². The minimum Gasteiger partial charge on any atom is -0.350 e. The van der Waals surface area contributed by atoms with Crippen LogP contribution in [0.15, 0.2) is 16.3 Å². The van der Waals surface area contributed by atoms with Crippen molar-refractivity contribution in [3.63, 3.8) is 0 Å². The Kier molecular flexibility index (Phi) is 7.12. The summed E-state index contributed by atoms with van der Waals surface area (Å²) in [7, 11) is -3.68. The number of primary sulfonamides is 1. The summed E-state index contributed by atoms with van der Waals surface area (Å²) < 4.78 is 22.3. The van der Waals surface area contributed by atoms with Crippen molar-refractivity contribution >= 4 is 39.7 Å². The third-order valence-electron chi connectivity index (χ3n) is 2.63. The number of thiophene rings is 1. The third kappa shape index (κ3) is 5.37. The number of sulfonamides is 1. The van der Waals surface area contributed by atoms with Gasteiger partial charge in [-0.25, -0.2) is 13.6 Å². The summed E-state index contributed by atoms with van der Waals surface area (Å²) in [6.07, 6.45) is 1.40. The first-order valence-corrected chi connectivity index (χ1v) is 8.22. The highest BCUT2D eigenvalue weighted by Gasteiger charge is 2.26. The van der Waals surface area contributed by atoms with Crippen molar-refractivity contribution in [3.05, 3.63) is 17.0 Å². The zero-order valence-electron chi connectivity index (χ0n) is 11.4. The molecule has 1 rings (SSSR count). The Hall–Kier alpha value is -0.670. The lowest BCUT2D eigenvalue weighted by Gasteiger charge is -2.22. The van der Waals surface area contributed by atoms with E-state index in [9.17, 15) is 13.2 Å². The molecule has 0 radical (unpaired) electrons. The summed E-state index contributed by atoms with van der Waals surface area (Å²) in [6, 6.07) is 3.05. The lowest BCUT2D eigenvalue weighted by atomic mass is 9.96. The maximum Gasteiger partial charge on any atom is 0.247 e. The molecule has 1 unspecified atom stereocenters. The normalized spacial score (nSPS) is 14.2. The fourth-order valence-corrected chi connectivity index (χ4v) is 3.33. The van der Waals surface area contributed by atoms with Crippen molar-refractivity contribution in [1.29, 1.82) is 0 Å². The second-order valence-electron chi connectivity index (χ2n) is 4.62. The number of nitrogens with one attached hydrogen (secondary N) is 1. The minimum absolute atomic E-state index is 0. The lowest BCUT2D eigenvalue weighted by Crippen LogP contribution is -2.51. The van der Waals surface area contributed by atoms with E-state index in [2.05, 4.69) is 5.32 Å². The summed E-state index contributed by atoms with van der Waals surface area (Å²) in [5, 5.41) is 7.71. The molecule has 0 aromatic carbocycles. The van der Waals surface area contributed by atoms with Crippen molar-refractivity contribution < 1.29 is 13.2 Å². The molecule has 0 bridgehead atoms. The van der Waals surface area contributed by atoms with E-state index in [0.29, 0.717) is 11.3 Å². The van der Waals surface area contributed by atoms with Crippen LogP contribution in [0, 0.1) is 0 Å². The SMILES string of the molecule is CCCC(C)(N)C(=O)NCc1ccc(S(N)(=O)=O)s1.Cl. The van der Waals surface area contributed by atoms with Gasteiger partial charge in [0.1, 0.15) is 4.21 Å². The topological polar surface area (TPSA) is 115 Å². The summed E-state index contributed by atoms with van der Waals surface area (Å²) in [5.74, 6) is -0.250. The summed E-state index contributed by atoms with van der Waals surface area (Å²) in [6.45, 7) is 3.88. The molecule has 6 nitrogen and oxygen atoms in total. The smallest absolute Gasteiger partial charge is 0.247 e. The van der Waals surface area contributed by atoms with Crippen LogP contribution in [0.5, 0.6) is 0 Å². The molecule has 0 spiro atoms. The first kappa shape index (κ1) is 19.3. The summed E-state index contributed by atoms with van der Waals surface area (Å²) >= 11 is 1.04. The molecule has 5 N–H and O–H groups in total. The molecule has 20 heavy (non-hydrogen) atoms. The maximum absolute atomic E-state index is 11.9. The van der Waals surface area contributed by atoms with Crippen LogP contribution in [-0.4, -0.2) is 19.9 Å². The van der Waals surface area contributed by atoms with Crippen molar-refractivity contribution in [1.82, 2.24) is 5.32 Å². The molecule has 1 heterocycles. The van der Waals surface area contributed by atoms with Gasteiger partial charge < -0.3 is 11.1 Å². The standard InChI is InChI=1S/C11H19N3O3S2.ClH/c1-3-6-11(2,12)10(15)14-7-8-4-5-9(18-8)19(13,16)17;/h4-5H,3,6-7,12H2,1-2H3,(H,14,15)(H2,13,16,17);1H. The van der Waals surface area contributed by atoms with Crippen LogP contribution < -0.4 is 16.2 Å². The van der Waals surface area contributed by atoms with Gasteiger partial charge in [0, 0.05) is 4.88 Å². The number of carbonyl (C=O) groups excluding carboxylic acids is 1. The highest BCUT2D eigenvalue weighted by molar-refractivity contribution is 7.91. The Morgan fingerprint density at radius 1 is 1.45 bits per heavy atom. The van der Waals surface area contributed by atoms with Crippen LogP contribution in [-0.2, 0) is 21.4 Å². The molecular weight excluding hydrogens is 322 g/mol. The molecule has 1 amide bonds. The van der Waals surface area contributed by atoms with Gasteiger partial charge in [-0.05, 0) is 25.5 Å². The Balaban J connectivity index is 0.00000361. The second kappa shape index (κ2) is 7.37. The van der Waals surface area contributed by atoms with E-state index in [-0.39, 0.29) is 29.1 Å². The van der Waals surface area contributed by atoms with Crippen molar-refractivity contribution in [2.75, 3.05) is 0 Å². The van der Waals surface area contributed by atoms with E-state index in [4.69, 9.17) is 10.9 Å². The summed E-state index contributed by atoms with van der Waals surface area (Å²) in [5.41, 5.74) is 4.98. The first-order valence-electron chi connectivity index (χ1n) is 5.85. The Morgan fingerprint density at radius 2 is 2.05 bits per heavy atom. The largest absolute Gasteiger partial charge is 0.350 e. The van der Waals surface area contributed by atoms with E-state index in [1.54, 1.807) is 13.0 Å². The third-order valence-corrected chi connectivity index (χ3v) is 5.15. The van der Waals surface area contributed by atoms with Gasteiger partial charge in [0.05, 0.1) is 12.1 Å². The molecule has 0 aliphatic heterocycles. The van der Waals surface area contributed by atoms with Gasteiger partial charge in [-0.3, -0.25) is 4.79 Å². The summed E-state index contributed by atoms with van der Waals surface area (Å²) in [4.78, 5) is 12.6. The predicted molar refractivity (Wildman–Crippen MR) is 82.3 cm³/mol. The molecule has 0 fully saturated rings. The molecule has 0 saturated heterocycles. The number of hydrogen-bond acceptors (Lipinski definition) is 5. The van der Waals surface area contributed by atoms with Gasteiger partial charge in [-0.1, -0.05) is 13.3 Å². The number of amides is 1. The van der Waals surface area contributed by atoms with Gasteiger partial charge >= 0.3 is 0 Å². The highest BCUT2D eigenvalue weighted by atomic mass is 35.5. The van der Waals surface area contributed by atoms with Gasteiger partial charge in [0.15, 0.2) is 0 Å². The molecular formula is C11H20ClN3O3S2. The Morgan fingerprint density at radius 3 is 2.50 bits per heavy atom. The number of halogens is 1. The monoisotopic (exact) mass is 341 g/mol. The van der Waals surface area contributed by atoms with E-state index >= 15 is 0 Å². The quantitative estimate of drug-likeness (QED) is 0.714. The van der Waals surface area contributed by atoms with Gasteiger partial charge in [0.2, 0.25) is 15.9 Å². The molecule has 116 valence electrons. The second-order valence-corrected chi connectivity index (χ2v) is 7.57. The van der Waals surface area contributed by atoms with Crippen LogP contribution in [0.3, 0.4) is 0 Å². The minimum atomic E-state index is -3.68. The Labute approximate surface area is 129 Å².